The van der Waals surface area contributed by atoms with Crippen LogP contribution < -0.4 is 5.43 Å². The fourth-order valence-electron chi connectivity index (χ4n) is 5.47. The zero-order valence-electron chi connectivity index (χ0n) is 22.6. The van der Waals surface area contributed by atoms with Crippen molar-refractivity contribution in [2.75, 3.05) is 26.3 Å². The second-order valence-corrected chi connectivity index (χ2v) is 10.9. The van der Waals surface area contributed by atoms with Gasteiger partial charge in [-0.2, -0.15) is 13.2 Å². The van der Waals surface area contributed by atoms with Crippen LogP contribution in [-0.2, 0) is 47.9 Å². The summed E-state index contributed by atoms with van der Waals surface area (Å²) in [4.78, 5) is 14.0. The van der Waals surface area contributed by atoms with Gasteiger partial charge in [0.2, 0.25) is 0 Å². The maximum atomic E-state index is 14.0. The number of halogens is 3. The molecule has 11 heteroatoms. The van der Waals surface area contributed by atoms with Gasteiger partial charge in [0.15, 0.2) is 11.4 Å². The van der Waals surface area contributed by atoms with Crippen LogP contribution in [0.2, 0.25) is 0 Å². The number of rotatable bonds is 8. The second kappa shape index (κ2) is 11.8. The topological polar surface area (TPSA) is 78.5 Å². The summed E-state index contributed by atoms with van der Waals surface area (Å²) in [5.74, 6) is -1.30. The lowest BCUT2D eigenvalue weighted by atomic mass is 9.78. The maximum Gasteiger partial charge on any atom is 0.416 e. The number of ether oxygens (including phenoxy) is 5. The largest absolute Gasteiger partial charge is 0.416 e. The van der Waals surface area contributed by atoms with Gasteiger partial charge in [-0.15, -0.1) is 0 Å². The zero-order valence-corrected chi connectivity index (χ0v) is 22.6. The van der Waals surface area contributed by atoms with E-state index in [0.29, 0.717) is 31.9 Å². The molecule has 40 heavy (non-hydrogen) atoms. The van der Waals surface area contributed by atoms with E-state index in [1.54, 1.807) is 24.9 Å². The molecule has 2 aliphatic heterocycles. The number of hydrogen-bond donors (Lipinski definition) is 1. The van der Waals surface area contributed by atoms with Crippen molar-refractivity contribution < 1.29 is 41.7 Å². The van der Waals surface area contributed by atoms with E-state index in [1.165, 1.54) is 6.07 Å². The number of alkyl halides is 3. The molecule has 1 unspecified atom stereocenters. The Hall–Kier alpha value is -2.54. The van der Waals surface area contributed by atoms with Crippen molar-refractivity contribution in [2.45, 2.75) is 75.8 Å². The fraction of sp³-hybridized carbons (Fsp3) is 0.552. The number of morpholine rings is 1. The first kappa shape index (κ1) is 29.0. The highest BCUT2D eigenvalue weighted by atomic mass is 19.4. The summed E-state index contributed by atoms with van der Waals surface area (Å²) in [6.45, 7) is 5.64. The molecule has 2 saturated heterocycles. The van der Waals surface area contributed by atoms with Crippen LogP contribution in [0.5, 0.6) is 0 Å². The van der Waals surface area contributed by atoms with Crippen molar-refractivity contribution >= 4 is 5.91 Å². The smallest absolute Gasteiger partial charge is 0.379 e. The van der Waals surface area contributed by atoms with E-state index in [1.807, 2.05) is 30.3 Å². The van der Waals surface area contributed by atoms with E-state index in [9.17, 15) is 18.0 Å². The molecule has 1 saturated carbocycles. The summed E-state index contributed by atoms with van der Waals surface area (Å²) in [7, 11) is 0. The monoisotopic (exact) mass is 564 g/mol. The molecule has 218 valence electrons. The predicted octanol–water partition coefficient (Wildman–Crippen LogP) is 4.22. The number of hydrogen-bond acceptors (Lipinski definition) is 7. The van der Waals surface area contributed by atoms with Crippen LogP contribution in [0.3, 0.4) is 0 Å². The van der Waals surface area contributed by atoms with Crippen LogP contribution in [-0.4, -0.2) is 66.9 Å². The molecule has 8 nitrogen and oxygen atoms in total. The third-order valence-corrected chi connectivity index (χ3v) is 7.41. The van der Waals surface area contributed by atoms with Crippen molar-refractivity contribution in [3.8, 4) is 0 Å². The molecule has 0 bridgehead atoms. The van der Waals surface area contributed by atoms with Gasteiger partial charge in [-0.05, 0) is 37.1 Å². The van der Waals surface area contributed by atoms with E-state index in [-0.39, 0.29) is 26.1 Å². The summed E-state index contributed by atoms with van der Waals surface area (Å²) in [5, 5.41) is 1.77. The minimum atomic E-state index is -4.49. The Kier molecular flexibility index (Phi) is 8.51. The third-order valence-electron chi connectivity index (χ3n) is 7.41. The quantitative estimate of drug-likeness (QED) is 0.515. The molecule has 2 aromatic carbocycles. The number of hydrazine groups is 1. The Morgan fingerprint density at radius 3 is 2.45 bits per heavy atom. The fourth-order valence-corrected chi connectivity index (χ4v) is 5.47. The van der Waals surface area contributed by atoms with Crippen molar-refractivity contribution in [1.82, 2.24) is 10.4 Å². The Morgan fingerprint density at radius 2 is 1.73 bits per heavy atom. The maximum absolute atomic E-state index is 14.0. The van der Waals surface area contributed by atoms with Gasteiger partial charge >= 0.3 is 6.18 Å². The molecular weight excluding hydrogens is 529 g/mol. The normalized spacial score (nSPS) is 28.7. The van der Waals surface area contributed by atoms with Gasteiger partial charge in [-0.25, -0.2) is 5.01 Å². The summed E-state index contributed by atoms with van der Waals surface area (Å²) in [5.41, 5.74) is 1.99. The molecule has 1 amide bonds. The lowest BCUT2D eigenvalue weighted by Gasteiger charge is -2.44. The first-order valence-corrected chi connectivity index (χ1v) is 13.5. The van der Waals surface area contributed by atoms with Crippen LogP contribution >= 0.6 is 0 Å². The van der Waals surface area contributed by atoms with Gasteiger partial charge in [-0.3, -0.25) is 10.2 Å². The Balaban J connectivity index is 1.42. The van der Waals surface area contributed by atoms with Gasteiger partial charge in [0.05, 0.1) is 44.2 Å². The highest BCUT2D eigenvalue weighted by Crippen LogP contribution is 2.44. The van der Waals surface area contributed by atoms with E-state index in [0.717, 1.165) is 17.7 Å². The minimum absolute atomic E-state index is 0.134. The molecule has 3 fully saturated rings. The van der Waals surface area contributed by atoms with Crippen LogP contribution in [0.1, 0.15) is 43.4 Å². The SMILES string of the molecule is CC1(C)O[C@@H]2C[C@@](OCc3cccc(C(F)(F)F)c3)(C(=O)NN3CCOCC3)CC(OCc3ccccc3)[C@@H]2O1. The van der Waals surface area contributed by atoms with Gasteiger partial charge in [0.25, 0.3) is 5.91 Å². The van der Waals surface area contributed by atoms with Crippen LogP contribution in [0.4, 0.5) is 13.2 Å². The lowest BCUT2D eigenvalue weighted by molar-refractivity contribution is -0.187. The molecule has 2 heterocycles. The number of nitrogens with one attached hydrogen (secondary N) is 1. The molecule has 4 atom stereocenters. The highest BCUT2D eigenvalue weighted by Gasteiger charge is 2.58. The van der Waals surface area contributed by atoms with E-state index in [4.69, 9.17) is 23.7 Å². The van der Waals surface area contributed by atoms with Gasteiger partial charge < -0.3 is 23.7 Å². The third kappa shape index (κ3) is 6.84. The van der Waals surface area contributed by atoms with Gasteiger partial charge in [0.1, 0.15) is 6.10 Å². The first-order chi connectivity index (χ1) is 19.0. The summed E-state index contributed by atoms with van der Waals surface area (Å²) >= 11 is 0. The standard InChI is InChI=1S/C29H35F3N2O6/c1-27(2)39-24-17-28(26(35)33-34-11-13-36-14-12-34,38-19-21-9-6-10-22(15-21)29(30,31)32)16-23(25(24)40-27)37-18-20-7-4-3-5-8-20/h3-10,15,23-25H,11-14,16-19H2,1-2H3,(H,33,35)/t23?,24-,25+,28-/m1/s1. The molecule has 0 radical (unpaired) electrons. The lowest BCUT2D eigenvalue weighted by Crippen LogP contribution is -2.63. The van der Waals surface area contributed by atoms with E-state index < -0.39 is 47.3 Å². The Bertz CT molecular complexity index is 1160. The van der Waals surface area contributed by atoms with Gasteiger partial charge in [-0.1, -0.05) is 42.5 Å². The van der Waals surface area contributed by atoms with Crippen molar-refractivity contribution in [3.05, 3.63) is 71.3 Å². The number of carbonyl (C=O) groups is 1. The number of fused-ring (bicyclic) bond motifs is 1. The minimum Gasteiger partial charge on any atom is -0.379 e. The number of amides is 1. The highest BCUT2D eigenvalue weighted by molar-refractivity contribution is 5.85. The molecule has 5 rings (SSSR count). The molecule has 1 N–H and O–H groups in total. The van der Waals surface area contributed by atoms with Crippen molar-refractivity contribution in [2.24, 2.45) is 0 Å². The summed E-state index contributed by atoms with van der Waals surface area (Å²) in [6, 6.07) is 14.6. The average Bonchev–Trinajstić information content (AvgIpc) is 3.25. The molecule has 3 aliphatic rings. The number of benzene rings is 2. The van der Waals surface area contributed by atoms with E-state index >= 15 is 0 Å². The molecular formula is C29H35F3N2O6. The molecule has 2 aromatic rings. The second-order valence-electron chi connectivity index (χ2n) is 10.9. The molecule has 0 spiro atoms. The van der Waals surface area contributed by atoms with E-state index in [2.05, 4.69) is 5.43 Å². The summed E-state index contributed by atoms with van der Waals surface area (Å²) in [6.07, 6.45) is -5.74. The summed E-state index contributed by atoms with van der Waals surface area (Å²) < 4.78 is 70.5. The first-order valence-electron chi connectivity index (χ1n) is 13.5. The molecule has 1 aliphatic carbocycles. The number of nitrogens with zero attached hydrogens (tertiary/aromatic N) is 1. The number of carbonyl (C=O) groups excluding carboxylic acids is 1. The Morgan fingerprint density at radius 1 is 1.00 bits per heavy atom. The van der Waals surface area contributed by atoms with Crippen LogP contribution in [0.15, 0.2) is 54.6 Å². The Labute approximate surface area is 231 Å². The van der Waals surface area contributed by atoms with Gasteiger partial charge in [0, 0.05) is 25.9 Å². The predicted molar refractivity (Wildman–Crippen MR) is 138 cm³/mol. The van der Waals surface area contributed by atoms with Crippen molar-refractivity contribution in [1.29, 1.82) is 0 Å². The van der Waals surface area contributed by atoms with Crippen LogP contribution in [0.25, 0.3) is 0 Å². The zero-order chi connectivity index (χ0) is 28.4. The average molecular weight is 565 g/mol. The molecule has 0 aromatic heterocycles. The van der Waals surface area contributed by atoms with Crippen LogP contribution in [0, 0.1) is 0 Å². The van der Waals surface area contributed by atoms with Crippen molar-refractivity contribution in [3.63, 3.8) is 0 Å².